The minimum Gasteiger partial charge on any atom is -0.365 e. The van der Waals surface area contributed by atoms with E-state index in [1.54, 1.807) is 23.5 Å². The summed E-state index contributed by atoms with van der Waals surface area (Å²) in [5.74, 6) is 0. The molecule has 1 aromatic heterocycles. The summed E-state index contributed by atoms with van der Waals surface area (Å²) in [4.78, 5) is 24.5. The lowest BCUT2D eigenvalue weighted by atomic mass is 10.1. The van der Waals surface area contributed by atoms with Gasteiger partial charge in [-0.05, 0) is 32.9 Å². The third-order valence-electron chi connectivity index (χ3n) is 3.70. The molecule has 0 radical (unpaired) electrons. The Balaban J connectivity index is 0.000000251. The van der Waals surface area contributed by atoms with Gasteiger partial charge < -0.3 is 20.7 Å². The number of aldehydes is 2. The number of hydrogen-bond acceptors (Lipinski definition) is 7. The molecule has 0 amide bonds. The van der Waals surface area contributed by atoms with Gasteiger partial charge in [-0.1, -0.05) is 31.2 Å². The average Bonchev–Trinajstić information content (AvgIpc) is 3.45. The summed E-state index contributed by atoms with van der Waals surface area (Å²) in [6.07, 6.45) is 5.60. The van der Waals surface area contributed by atoms with E-state index in [1.807, 2.05) is 31.6 Å². The van der Waals surface area contributed by atoms with Crippen molar-refractivity contribution in [1.82, 2.24) is 15.6 Å². The zero-order chi connectivity index (χ0) is 19.9. The summed E-state index contributed by atoms with van der Waals surface area (Å²) in [7, 11) is 3.86. The van der Waals surface area contributed by atoms with Crippen LogP contribution in [0.5, 0.6) is 0 Å². The van der Waals surface area contributed by atoms with Gasteiger partial charge in [-0.2, -0.15) is 0 Å². The molecule has 0 bridgehead atoms. The largest absolute Gasteiger partial charge is 0.365 e. The minimum atomic E-state index is 0.494. The van der Waals surface area contributed by atoms with Gasteiger partial charge in [0.05, 0.1) is 12.2 Å². The molecule has 27 heavy (non-hydrogen) atoms. The van der Waals surface area contributed by atoms with Gasteiger partial charge >= 0.3 is 0 Å². The normalized spacial score (nSPS) is 12.1. The summed E-state index contributed by atoms with van der Waals surface area (Å²) in [6, 6.07) is 8.27. The molecule has 0 saturated heterocycles. The first kappa shape index (κ1) is 23.0. The van der Waals surface area contributed by atoms with Gasteiger partial charge in [-0.3, -0.25) is 4.79 Å². The van der Waals surface area contributed by atoms with Crippen LogP contribution in [-0.2, 0) is 4.79 Å². The highest BCUT2D eigenvalue weighted by Crippen LogP contribution is 2.24. The van der Waals surface area contributed by atoms with Crippen LogP contribution in [0.1, 0.15) is 36.5 Å². The summed E-state index contributed by atoms with van der Waals surface area (Å²) < 4.78 is 0. The number of thiazole rings is 1. The standard InChI is InChI=1S/C11H10N2OS.C5H11NO.C4H9N/c1-12-11-13-10(7-15-11)9-4-2-8(6-14)3-5-9;1-2-3-6-4-5-7;1-5-4-2-3-4/h2-7H,1H3,(H,12,13);5-6H,2-4H2,1H3;4-5H,2-3H2,1H3. The molecule has 7 heteroatoms. The van der Waals surface area contributed by atoms with Crippen LogP contribution in [0.15, 0.2) is 29.6 Å². The summed E-state index contributed by atoms with van der Waals surface area (Å²) in [6.45, 7) is 3.50. The highest BCUT2D eigenvalue weighted by Gasteiger charge is 2.17. The van der Waals surface area contributed by atoms with Crippen molar-refractivity contribution in [2.24, 2.45) is 0 Å². The molecule has 0 atom stereocenters. The fraction of sp³-hybridized carbons (Fsp3) is 0.450. The van der Waals surface area contributed by atoms with Crippen LogP contribution in [-0.4, -0.2) is 50.8 Å². The molecular formula is C20H30N4O2S. The Kier molecular flexibility index (Phi) is 11.9. The maximum absolute atomic E-state index is 10.5. The van der Waals surface area contributed by atoms with Crippen molar-refractivity contribution in [2.45, 2.75) is 32.2 Å². The van der Waals surface area contributed by atoms with E-state index in [9.17, 15) is 9.59 Å². The fourth-order valence-electron chi connectivity index (χ4n) is 1.96. The summed E-state index contributed by atoms with van der Waals surface area (Å²) >= 11 is 1.56. The van der Waals surface area contributed by atoms with Gasteiger partial charge in [0.25, 0.3) is 0 Å². The number of carbonyl (C=O) groups is 2. The van der Waals surface area contributed by atoms with E-state index in [0.29, 0.717) is 12.1 Å². The second kappa shape index (κ2) is 14.0. The van der Waals surface area contributed by atoms with Gasteiger partial charge in [-0.25, -0.2) is 4.98 Å². The Morgan fingerprint density at radius 2 is 1.89 bits per heavy atom. The van der Waals surface area contributed by atoms with Gasteiger partial charge in [-0.15, -0.1) is 11.3 Å². The highest BCUT2D eigenvalue weighted by atomic mass is 32.1. The Morgan fingerprint density at radius 3 is 2.30 bits per heavy atom. The number of rotatable bonds is 8. The molecule has 0 spiro atoms. The van der Waals surface area contributed by atoms with Crippen molar-refractivity contribution in [3.8, 4) is 11.3 Å². The Labute approximate surface area is 165 Å². The lowest BCUT2D eigenvalue weighted by molar-refractivity contribution is -0.107. The monoisotopic (exact) mass is 390 g/mol. The molecule has 1 aromatic carbocycles. The van der Waals surface area contributed by atoms with E-state index in [1.165, 1.54) is 12.8 Å². The van der Waals surface area contributed by atoms with Gasteiger partial charge in [0.15, 0.2) is 5.13 Å². The number of aromatic nitrogens is 1. The molecule has 0 unspecified atom stereocenters. The highest BCUT2D eigenvalue weighted by molar-refractivity contribution is 7.14. The lowest BCUT2D eigenvalue weighted by Crippen LogP contribution is -2.16. The van der Waals surface area contributed by atoms with Crippen LogP contribution < -0.4 is 16.0 Å². The molecule has 1 fully saturated rings. The topological polar surface area (TPSA) is 83.1 Å². The predicted molar refractivity (Wildman–Crippen MR) is 114 cm³/mol. The van der Waals surface area contributed by atoms with E-state index in [4.69, 9.17) is 0 Å². The molecule has 1 saturated carbocycles. The molecule has 148 valence electrons. The smallest absolute Gasteiger partial charge is 0.182 e. The zero-order valence-electron chi connectivity index (χ0n) is 16.3. The predicted octanol–water partition coefficient (Wildman–Crippen LogP) is 3.22. The first-order valence-corrected chi connectivity index (χ1v) is 10.1. The van der Waals surface area contributed by atoms with Crippen molar-refractivity contribution in [3.05, 3.63) is 35.2 Å². The minimum absolute atomic E-state index is 0.494. The van der Waals surface area contributed by atoms with Gasteiger partial charge in [0.2, 0.25) is 0 Å². The first-order valence-electron chi connectivity index (χ1n) is 9.18. The van der Waals surface area contributed by atoms with E-state index in [2.05, 4.69) is 27.9 Å². The molecule has 3 N–H and O–H groups in total. The van der Waals surface area contributed by atoms with Crippen molar-refractivity contribution < 1.29 is 9.59 Å². The molecule has 6 nitrogen and oxygen atoms in total. The summed E-state index contributed by atoms with van der Waals surface area (Å²) in [5, 5.41) is 11.9. The Morgan fingerprint density at radius 1 is 1.19 bits per heavy atom. The third kappa shape index (κ3) is 9.98. The number of anilines is 1. The molecule has 1 aliphatic rings. The SMILES string of the molecule is CCCNCC=O.CNC1CC1.CNc1nc(-c2ccc(C=O)cc2)cs1. The molecule has 2 aromatic rings. The van der Waals surface area contributed by atoms with E-state index >= 15 is 0 Å². The zero-order valence-corrected chi connectivity index (χ0v) is 17.1. The third-order valence-corrected chi connectivity index (χ3v) is 4.56. The van der Waals surface area contributed by atoms with Crippen LogP contribution in [0, 0.1) is 0 Å². The van der Waals surface area contributed by atoms with Crippen LogP contribution in [0.4, 0.5) is 5.13 Å². The summed E-state index contributed by atoms with van der Waals surface area (Å²) in [5.41, 5.74) is 2.64. The number of benzene rings is 1. The van der Waals surface area contributed by atoms with E-state index in [-0.39, 0.29) is 0 Å². The number of hydrogen-bond donors (Lipinski definition) is 3. The van der Waals surface area contributed by atoms with Crippen LogP contribution >= 0.6 is 11.3 Å². The van der Waals surface area contributed by atoms with Gasteiger partial charge in [0, 0.05) is 29.6 Å². The van der Waals surface area contributed by atoms with Crippen molar-refractivity contribution in [1.29, 1.82) is 0 Å². The Bertz CT molecular complexity index is 654. The van der Waals surface area contributed by atoms with Crippen molar-refractivity contribution in [3.63, 3.8) is 0 Å². The molecule has 0 aliphatic heterocycles. The van der Waals surface area contributed by atoms with Crippen LogP contribution in [0.3, 0.4) is 0 Å². The van der Waals surface area contributed by atoms with E-state index in [0.717, 1.165) is 48.0 Å². The second-order valence-corrected chi connectivity index (χ2v) is 6.82. The number of nitrogens with zero attached hydrogens (tertiary/aromatic N) is 1. The van der Waals surface area contributed by atoms with Gasteiger partial charge in [0.1, 0.15) is 12.6 Å². The molecule has 1 aliphatic carbocycles. The fourth-order valence-corrected chi connectivity index (χ4v) is 2.64. The van der Waals surface area contributed by atoms with E-state index < -0.39 is 0 Å². The van der Waals surface area contributed by atoms with Crippen LogP contribution in [0.2, 0.25) is 0 Å². The number of nitrogens with one attached hydrogen (secondary N) is 3. The molecule has 3 rings (SSSR count). The average molecular weight is 391 g/mol. The van der Waals surface area contributed by atoms with Crippen LogP contribution in [0.25, 0.3) is 11.3 Å². The Hall–Kier alpha value is -2.09. The quantitative estimate of drug-likeness (QED) is 0.474. The first-order chi connectivity index (χ1) is 13.2. The second-order valence-electron chi connectivity index (χ2n) is 5.96. The lowest BCUT2D eigenvalue weighted by Gasteiger charge is -1.96. The molecule has 1 heterocycles. The molecular weight excluding hydrogens is 360 g/mol. The number of carbonyl (C=O) groups excluding carboxylic acids is 2. The maximum atomic E-state index is 10.5. The maximum Gasteiger partial charge on any atom is 0.182 e. The van der Waals surface area contributed by atoms with Crippen molar-refractivity contribution in [2.75, 3.05) is 32.5 Å². The van der Waals surface area contributed by atoms with Crippen molar-refractivity contribution >= 4 is 29.0 Å².